The number of hydrogen-bond acceptors (Lipinski definition) is 3. The van der Waals surface area contributed by atoms with Gasteiger partial charge in [0.25, 0.3) is 0 Å². The van der Waals surface area contributed by atoms with Crippen LogP contribution in [0.2, 0.25) is 0 Å². The van der Waals surface area contributed by atoms with Gasteiger partial charge < -0.3 is 19.1 Å². The summed E-state index contributed by atoms with van der Waals surface area (Å²) in [7, 11) is 0. The van der Waals surface area contributed by atoms with Crippen LogP contribution in [0.4, 0.5) is 0 Å². The molecule has 0 bridgehead atoms. The van der Waals surface area contributed by atoms with E-state index in [1.807, 2.05) is 12.1 Å². The van der Waals surface area contributed by atoms with E-state index in [1.165, 1.54) is 21.8 Å². The van der Waals surface area contributed by atoms with Gasteiger partial charge in [-0.05, 0) is 71.3 Å². The zero-order chi connectivity index (χ0) is 27.1. The van der Waals surface area contributed by atoms with E-state index in [-0.39, 0.29) is 0 Å². The fourth-order valence-electron chi connectivity index (χ4n) is 6.53. The molecule has 3 heterocycles. The summed E-state index contributed by atoms with van der Waals surface area (Å²) in [6.07, 6.45) is 0. The van der Waals surface area contributed by atoms with Crippen molar-refractivity contribution >= 4 is 65.7 Å². The number of furan rings is 2. The lowest BCUT2D eigenvalue weighted by Gasteiger charge is -2.07. The van der Waals surface area contributed by atoms with Crippen LogP contribution >= 0.6 is 0 Å². The first kappa shape index (κ1) is 22.5. The van der Waals surface area contributed by atoms with E-state index >= 15 is 0 Å². The van der Waals surface area contributed by atoms with Crippen molar-refractivity contribution in [3.63, 3.8) is 0 Å². The molecule has 194 valence electrons. The second-order valence-corrected chi connectivity index (χ2v) is 10.7. The third kappa shape index (κ3) is 3.19. The highest BCUT2D eigenvalue weighted by molar-refractivity contribution is 6.11. The van der Waals surface area contributed by atoms with Crippen LogP contribution in [0.3, 0.4) is 0 Å². The smallest absolute Gasteiger partial charge is 0.137 e. The van der Waals surface area contributed by atoms with Crippen LogP contribution in [0.25, 0.3) is 82.5 Å². The van der Waals surface area contributed by atoms with Crippen molar-refractivity contribution in [3.05, 3.63) is 127 Å². The highest BCUT2D eigenvalue weighted by Crippen LogP contribution is 2.38. The molecule has 9 aromatic rings. The van der Waals surface area contributed by atoms with Gasteiger partial charge in [0.05, 0.1) is 11.0 Å². The predicted octanol–water partition coefficient (Wildman–Crippen LogP) is 9.71. The number of para-hydroxylation sites is 2. The van der Waals surface area contributed by atoms with Crippen LogP contribution in [0.5, 0.6) is 0 Å². The lowest BCUT2D eigenvalue weighted by atomic mass is 10.0. The maximum atomic E-state index is 6.49. The van der Waals surface area contributed by atoms with Gasteiger partial charge in [0, 0.05) is 50.6 Å². The largest absolute Gasteiger partial charge is 0.456 e. The van der Waals surface area contributed by atoms with E-state index in [4.69, 9.17) is 14.6 Å². The van der Waals surface area contributed by atoms with Gasteiger partial charge >= 0.3 is 0 Å². The quantitative estimate of drug-likeness (QED) is 0.248. The van der Waals surface area contributed by atoms with E-state index in [2.05, 4.69) is 114 Å². The third-order valence-corrected chi connectivity index (χ3v) is 8.43. The fraction of sp³-hybridized carbons (Fsp3) is 0.0270. The Kier molecular flexibility index (Phi) is 4.58. The standard InChI is InChI=1S/C37H24N2O2/c38-21-24-6-5-11-33-37(24)30-16-13-23(19-35(30)40-33)22-12-15-28-29-17-14-25(20-36(29)41-34(28)18-22)39-31-9-3-1-7-26(31)27-8-2-4-10-32(27)39/h1-20H,21,38H2. The minimum absolute atomic E-state index is 0.481. The second kappa shape index (κ2) is 8.34. The van der Waals surface area contributed by atoms with Gasteiger partial charge in [0.1, 0.15) is 22.3 Å². The van der Waals surface area contributed by atoms with Gasteiger partial charge in [0.2, 0.25) is 0 Å². The summed E-state index contributed by atoms with van der Waals surface area (Å²) in [4.78, 5) is 0. The molecular formula is C37H24N2O2. The van der Waals surface area contributed by atoms with Crippen LogP contribution in [0.1, 0.15) is 5.56 Å². The molecule has 0 unspecified atom stereocenters. The van der Waals surface area contributed by atoms with Crippen LogP contribution < -0.4 is 5.73 Å². The molecule has 0 amide bonds. The Morgan fingerprint density at radius 2 is 1.07 bits per heavy atom. The van der Waals surface area contributed by atoms with Gasteiger partial charge in [-0.1, -0.05) is 60.7 Å². The monoisotopic (exact) mass is 528 g/mol. The Balaban J connectivity index is 1.18. The molecule has 6 aromatic carbocycles. The Morgan fingerprint density at radius 1 is 0.488 bits per heavy atom. The summed E-state index contributed by atoms with van der Waals surface area (Å²) in [6, 6.07) is 42.6. The minimum atomic E-state index is 0.481. The summed E-state index contributed by atoms with van der Waals surface area (Å²) in [5.41, 5.74) is 16.2. The molecule has 2 N–H and O–H groups in total. The van der Waals surface area contributed by atoms with E-state index in [0.29, 0.717) is 6.54 Å². The van der Waals surface area contributed by atoms with E-state index < -0.39 is 0 Å². The third-order valence-electron chi connectivity index (χ3n) is 8.43. The van der Waals surface area contributed by atoms with Crippen molar-refractivity contribution in [1.29, 1.82) is 0 Å². The zero-order valence-corrected chi connectivity index (χ0v) is 22.1. The van der Waals surface area contributed by atoms with Crippen molar-refractivity contribution in [2.24, 2.45) is 5.73 Å². The minimum Gasteiger partial charge on any atom is -0.456 e. The number of rotatable bonds is 3. The van der Waals surface area contributed by atoms with Gasteiger partial charge in [-0.2, -0.15) is 0 Å². The fourth-order valence-corrected chi connectivity index (χ4v) is 6.53. The Hall–Kier alpha value is -5.32. The first-order valence-electron chi connectivity index (χ1n) is 13.9. The lowest BCUT2D eigenvalue weighted by Crippen LogP contribution is -1.95. The van der Waals surface area contributed by atoms with E-state index in [1.54, 1.807) is 0 Å². The maximum absolute atomic E-state index is 6.49. The van der Waals surface area contributed by atoms with E-state index in [9.17, 15) is 0 Å². The summed E-state index contributed by atoms with van der Waals surface area (Å²) in [5.74, 6) is 0. The summed E-state index contributed by atoms with van der Waals surface area (Å²) in [6.45, 7) is 0.481. The van der Waals surface area contributed by atoms with Crippen LogP contribution in [0.15, 0.2) is 130 Å². The normalized spacial score (nSPS) is 12.1. The Bertz CT molecular complexity index is 2420. The molecule has 9 rings (SSSR count). The number of hydrogen-bond donors (Lipinski definition) is 1. The number of nitrogens with two attached hydrogens (primary N) is 1. The van der Waals surface area contributed by atoms with E-state index in [0.717, 1.165) is 66.3 Å². The molecule has 3 aromatic heterocycles. The van der Waals surface area contributed by atoms with Crippen molar-refractivity contribution in [1.82, 2.24) is 4.57 Å². The molecule has 41 heavy (non-hydrogen) atoms. The molecule has 0 saturated carbocycles. The van der Waals surface area contributed by atoms with Crippen molar-refractivity contribution in [2.45, 2.75) is 6.54 Å². The predicted molar refractivity (Wildman–Crippen MR) is 169 cm³/mol. The number of benzene rings is 6. The molecule has 0 radical (unpaired) electrons. The number of nitrogens with zero attached hydrogens (tertiary/aromatic N) is 1. The summed E-state index contributed by atoms with van der Waals surface area (Å²) < 4.78 is 15.0. The Labute approximate surface area is 234 Å². The van der Waals surface area contributed by atoms with Crippen LogP contribution in [-0.4, -0.2) is 4.57 Å². The number of aromatic nitrogens is 1. The molecular weight excluding hydrogens is 504 g/mol. The first-order valence-corrected chi connectivity index (χ1v) is 13.9. The summed E-state index contributed by atoms with van der Waals surface area (Å²) in [5, 5.41) is 6.90. The molecule has 4 nitrogen and oxygen atoms in total. The highest BCUT2D eigenvalue weighted by Gasteiger charge is 2.15. The van der Waals surface area contributed by atoms with Gasteiger partial charge in [-0.3, -0.25) is 0 Å². The van der Waals surface area contributed by atoms with Crippen molar-refractivity contribution in [2.75, 3.05) is 0 Å². The zero-order valence-electron chi connectivity index (χ0n) is 22.1. The lowest BCUT2D eigenvalue weighted by molar-refractivity contribution is 0.668. The Morgan fingerprint density at radius 3 is 1.78 bits per heavy atom. The van der Waals surface area contributed by atoms with Gasteiger partial charge in [0.15, 0.2) is 0 Å². The average Bonchev–Trinajstić information content (AvgIpc) is 3.69. The first-order chi connectivity index (χ1) is 20.3. The number of fused-ring (bicyclic) bond motifs is 9. The molecule has 0 aliphatic heterocycles. The van der Waals surface area contributed by atoms with Crippen LogP contribution in [-0.2, 0) is 6.54 Å². The molecule has 0 atom stereocenters. The van der Waals surface area contributed by atoms with Crippen LogP contribution in [0, 0.1) is 0 Å². The highest BCUT2D eigenvalue weighted by atomic mass is 16.3. The second-order valence-electron chi connectivity index (χ2n) is 10.7. The molecule has 0 aliphatic carbocycles. The van der Waals surface area contributed by atoms with Crippen molar-refractivity contribution in [3.8, 4) is 16.8 Å². The SMILES string of the molecule is NCc1cccc2oc3cc(-c4ccc5c(c4)oc4cc(-n6c7ccccc7c7ccccc76)ccc45)ccc3c12. The van der Waals surface area contributed by atoms with Gasteiger partial charge in [-0.15, -0.1) is 0 Å². The molecule has 0 saturated heterocycles. The van der Waals surface area contributed by atoms with Gasteiger partial charge in [-0.25, -0.2) is 0 Å². The molecule has 0 fully saturated rings. The average molecular weight is 529 g/mol. The summed E-state index contributed by atoms with van der Waals surface area (Å²) >= 11 is 0. The maximum Gasteiger partial charge on any atom is 0.137 e. The topological polar surface area (TPSA) is 57.2 Å². The molecule has 4 heteroatoms. The molecule has 0 aliphatic rings. The van der Waals surface area contributed by atoms with Crippen molar-refractivity contribution < 1.29 is 8.83 Å². The molecule has 0 spiro atoms.